The molecule has 0 bridgehead atoms. The Labute approximate surface area is 86.6 Å². The van der Waals surface area contributed by atoms with Gasteiger partial charge in [0.05, 0.1) is 5.54 Å². The van der Waals surface area contributed by atoms with Crippen LogP contribution in [0.4, 0.5) is 0 Å². The molecule has 0 saturated carbocycles. The maximum Gasteiger partial charge on any atom is 0.223 e. The van der Waals surface area contributed by atoms with Crippen LogP contribution in [0, 0.1) is 11.3 Å². The second-order valence-electron chi connectivity index (χ2n) is 5.74. The predicted octanol–water partition coefficient (Wildman–Crippen LogP) is 1.15. The van der Waals surface area contributed by atoms with Crippen molar-refractivity contribution in [2.75, 3.05) is 13.1 Å². The fraction of sp³-hybridized carbons (Fsp3) is 0.909. The van der Waals surface area contributed by atoms with E-state index >= 15 is 0 Å². The Morgan fingerprint density at radius 2 is 1.93 bits per heavy atom. The highest BCUT2D eigenvalue weighted by molar-refractivity contribution is 5.80. The van der Waals surface area contributed by atoms with Gasteiger partial charge in [0, 0.05) is 19.0 Å². The Balaban J connectivity index is 2.50. The molecule has 0 aromatic carbocycles. The van der Waals surface area contributed by atoms with Crippen molar-refractivity contribution in [2.45, 2.75) is 40.2 Å². The van der Waals surface area contributed by atoms with Crippen LogP contribution < -0.4 is 10.6 Å². The van der Waals surface area contributed by atoms with Crippen molar-refractivity contribution in [3.05, 3.63) is 0 Å². The highest BCUT2D eigenvalue weighted by Crippen LogP contribution is 2.26. The fourth-order valence-corrected chi connectivity index (χ4v) is 1.39. The van der Waals surface area contributed by atoms with Crippen LogP contribution in [0.2, 0.25) is 0 Å². The maximum atomic E-state index is 11.9. The summed E-state index contributed by atoms with van der Waals surface area (Å²) in [7, 11) is 0. The molecule has 2 N–H and O–H groups in total. The molecule has 3 heteroatoms. The van der Waals surface area contributed by atoms with Crippen molar-refractivity contribution in [2.24, 2.45) is 11.3 Å². The molecule has 0 aromatic rings. The Morgan fingerprint density at radius 1 is 1.43 bits per heavy atom. The van der Waals surface area contributed by atoms with E-state index in [1.165, 1.54) is 0 Å². The van der Waals surface area contributed by atoms with E-state index in [1.54, 1.807) is 0 Å². The molecule has 3 nitrogen and oxygen atoms in total. The van der Waals surface area contributed by atoms with Crippen LogP contribution in [0.15, 0.2) is 0 Å². The number of hydrogen-bond donors (Lipinski definition) is 2. The Hall–Kier alpha value is -0.570. The highest BCUT2D eigenvalue weighted by atomic mass is 16.2. The van der Waals surface area contributed by atoms with Gasteiger partial charge in [0.15, 0.2) is 0 Å². The molecule has 82 valence electrons. The van der Waals surface area contributed by atoms with Crippen LogP contribution in [0.3, 0.4) is 0 Å². The third-order valence-corrected chi connectivity index (χ3v) is 3.15. The van der Waals surface area contributed by atoms with Gasteiger partial charge in [-0.2, -0.15) is 0 Å². The third-order valence-electron chi connectivity index (χ3n) is 3.15. The number of hydrogen-bond acceptors (Lipinski definition) is 2. The molecule has 1 atom stereocenters. The van der Waals surface area contributed by atoms with E-state index in [9.17, 15) is 4.79 Å². The monoisotopic (exact) mass is 198 g/mol. The van der Waals surface area contributed by atoms with E-state index in [1.807, 2.05) is 6.92 Å². The Morgan fingerprint density at radius 3 is 2.21 bits per heavy atom. The minimum Gasteiger partial charge on any atom is -0.348 e. The third kappa shape index (κ3) is 2.47. The average molecular weight is 198 g/mol. The highest BCUT2D eigenvalue weighted by Gasteiger charge is 2.36. The second-order valence-corrected chi connectivity index (χ2v) is 5.74. The fourth-order valence-electron chi connectivity index (χ4n) is 1.39. The SMILES string of the molecule is CC(C(=O)NC1(C)CNC1)C(C)(C)C. The van der Waals surface area contributed by atoms with E-state index in [0.29, 0.717) is 0 Å². The largest absolute Gasteiger partial charge is 0.348 e. The Bertz CT molecular complexity index is 226. The van der Waals surface area contributed by atoms with Gasteiger partial charge in [0.25, 0.3) is 0 Å². The first-order chi connectivity index (χ1) is 6.25. The zero-order valence-electron chi connectivity index (χ0n) is 9.90. The molecular weight excluding hydrogens is 176 g/mol. The summed E-state index contributed by atoms with van der Waals surface area (Å²) in [5, 5.41) is 6.27. The second kappa shape index (κ2) is 3.54. The lowest BCUT2D eigenvalue weighted by Gasteiger charge is -2.41. The van der Waals surface area contributed by atoms with Crippen LogP contribution in [-0.4, -0.2) is 24.5 Å². The van der Waals surface area contributed by atoms with Gasteiger partial charge in [0.1, 0.15) is 0 Å². The Kier molecular flexibility index (Phi) is 2.91. The van der Waals surface area contributed by atoms with Gasteiger partial charge in [0.2, 0.25) is 5.91 Å². The lowest BCUT2D eigenvalue weighted by atomic mass is 9.80. The van der Waals surface area contributed by atoms with Gasteiger partial charge in [-0.1, -0.05) is 27.7 Å². The molecule has 1 fully saturated rings. The molecule has 0 aliphatic carbocycles. The molecule has 1 heterocycles. The topological polar surface area (TPSA) is 41.1 Å². The summed E-state index contributed by atoms with van der Waals surface area (Å²) in [6, 6.07) is 0. The summed E-state index contributed by atoms with van der Waals surface area (Å²) in [5.74, 6) is 0.224. The number of rotatable bonds is 2. The van der Waals surface area contributed by atoms with Crippen molar-refractivity contribution >= 4 is 5.91 Å². The lowest BCUT2D eigenvalue weighted by molar-refractivity contribution is -0.129. The average Bonchev–Trinajstić information content (AvgIpc) is 1.98. The smallest absolute Gasteiger partial charge is 0.223 e. The van der Waals surface area contributed by atoms with Crippen molar-refractivity contribution in [1.29, 1.82) is 0 Å². The predicted molar refractivity (Wildman–Crippen MR) is 58.0 cm³/mol. The summed E-state index contributed by atoms with van der Waals surface area (Å²) >= 11 is 0. The summed E-state index contributed by atoms with van der Waals surface area (Å²) < 4.78 is 0. The first-order valence-corrected chi connectivity index (χ1v) is 5.27. The summed E-state index contributed by atoms with van der Waals surface area (Å²) in [4.78, 5) is 11.9. The van der Waals surface area contributed by atoms with Gasteiger partial charge >= 0.3 is 0 Å². The van der Waals surface area contributed by atoms with Gasteiger partial charge in [-0.3, -0.25) is 4.79 Å². The van der Waals surface area contributed by atoms with E-state index in [-0.39, 0.29) is 22.8 Å². The molecule has 1 rings (SSSR count). The lowest BCUT2D eigenvalue weighted by Crippen LogP contribution is -2.67. The van der Waals surface area contributed by atoms with Gasteiger partial charge in [-0.05, 0) is 12.3 Å². The van der Waals surface area contributed by atoms with Gasteiger partial charge in [-0.15, -0.1) is 0 Å². The summed E-state index contributed by atoms with van der Waals surface area (Å²) in [6.07, 6.45) is 0. The normalized spacial score (nSPS) is 22.4. The van der Waals surface area contributed by atoms with E-state index in [2.05, 4.69) is 38.3 Å². The maximum absolute atomic E-state index is 11.9. The minimum absolute atomic E-state index is 0.0173. The summed E-state index contributed by atoms with van der Waals surface area (Å²) in [5.41, 5.74) is 0.0220. The zero-order valence-corrected chi connectivity index (χ0v) is 9.90. The van der Waals surface area contributed by atoms with Gasteiger partial charge < -0.3 is 10.6 Å². The van der Waals surface area contributed by atoms with Crippen LogP contribution in [0.1, 0.15) is 34.6 Å². The molecule has 0 spiro atoms. The summed E-state index contributed by atoms with van der Waals surface area (Å²) in [6.45, 7) is 12.1. The van der Waals surface area contributed by atoms with Crippen LogP contribution in [-0.2, 0) is 4.79 Å². The van der Waals surface area contributed by atoms with Gasteiger partial charge in [-0.25, -0.2) is 0 Å². The van der Waals surface area contributed by atoms with E-state index in [4.69, 9.17) is 0 Å². The van der Waals surface area contributed by atoms with Crippen LogP contribution in [0.5, 0.6) is 0 Å². The molecule has 1 saturated heterocycles. The standard InChI is InChI=1S/C11H22N2O/c1-8(10(2,3)4)9(14)13-11(5)6-12-7-11/h8,12H,6-7H2,1-5H3,(H,13,14). The van der Waals surface area contributed by atoms with E-state index < -0.39 is 0 Å². The molecule has 1 amide bonds. The molecular formula is C11H22N2O. The first-order valence-electron chi connectivity index (χ1n) is 5.27. The molecule has 14 heavy (non-hydrogen) atoms. The quantitative estimate of drug-likeness (QED) is 0.699. The molecule has 0 aromatic heterocycles. The number of nitrogens with one attached hydrogen (secondary N) is 2. The molecule has 1 aliphatic rings. The zero-order chi connectivity index (χ0) is 11.0. The van der Waals surface area contributed by atoms with Crippen molar-refractivity contribution in [3.63, 3.8) is 0 Å². The van der Waals surface area contributed by atoms with Crippen molar-refractivity contribution < 1.29 is 4.79 Å². The number of carbonyl (C=O) groups is 1. The van der Waals surface area contributed by atoms with Crippen LogP contribution in [0.25, 0.3) is 0 Å². The molecule has 0 radical (unpaired) electrons. The first kappa shape index (κ1) is 11.5. The number of carbonyl (C=O) groups excluding carboxylic acids is 1. The van der Waals surface area contributed by atoms with E-state index in [0.717, 1.165) is 13.1 Å². The molecule has 1 unspecified atom stereocenters. The minimum atomic E-state index is -0.0173. The van der Waals surface area contributed by atoms with Crippen molar-refractivity contribution in [1.82, 2.24) is 10.6 Å². The van der Waals surface area contributed by atoms with Crippen molar-refractivity contribution in [3.8, 4) is 0 Å². The van der Waals surface area contributed by atoms with Crippen LogP contribution >= 0.6 is 0 Å². The number of amides is 1. The molecule has 1 aliphatic heterocycles.